The van der Waals surface area contributed by atoms with Crippen LogP contribution in [0.2, 0.25) is 0 Å². The van der Waals surface area contributed by atoms with Gasteiger partial charge in [0.15, 0.2) is 11.6 Å². The molecule has 3 rings (SSSR count). The zero-order valence-corrected chi connectivity index (χ0v) is 15.0. The van der Waals surface area contributed by atoms with E-state index in [0.29, 0.717) is 18.7 Å². The SMILES string of the molecule is COc1ccc(CNC(=O)NCc2cnn(Cc3ccccc3)c2)cc1F. The Morgan fingerprint density at radius 2 is 1.81 bits per heavy atom. The number of ether oxygens (including phenoxy) is 1. The van der Waals surface area contributed by atoms with Crippen LogP contribution in [0.1, 0.15) is 16.7 Å². The van der Waals surface area contributed by atoms with Gasteiger partial charge in [0.1, 0.15) is 0 Å². The monoisotopic (exact) mass is 368 g/mol. The van der Waals surface area contributed by atoms with E-state index in [1.54, 1.807) is 12.3 Å². The molecule has 0 aliphatic heterocycles. The molecule has 0 bridgehead atoms. The summed E-state index contributed by atoms with van der Waals surface area (Å²) < 4.78 is 20.3. The number of aromatic nitrogens is 2. The van der Waals surface area contributed by atoms with Crippen LogP contribution in [0, 0.1) is 5.82 Å². The van der Waals surface area contributed by atoms with E-state index in [-0.39, 0.29) is 18.3 Å². The van der Waals surface area contributed by atoms with Gasteiger partial charge in [0.2, 0.25) is 0 Å². The minimum Gasteiger partial charge on any atom is -0.494 e. The molecule has 1 aromatic heterocycles. The molecule has 0 aliphatic carbocycles. The van der Waals surface area contributed by atoms with Crippen molar-refractivity contribution < 1.29 is 13.9 Å². The Morgan fingerprint density at radius 1 is 1.07 bits per heavy atom. The van der Waals surface area contributed by atoms with Crippen LogP contribution in [-0.2, 0) is 19.6 Å². The van der Waals surface area contributed by atoms with Gasteiger partial charge in [0.05, 0.1) is 19.9 Å². The smallest absolute Gasteiger partial charge is 0.315 e. The molecule has 2 N–H and O–H groups in total. The lowest BCUT2D eigenvalue weighted by Gasteiger charge is -2.08. The predicted molar refractivity (Wildman–Crippen MR) is 99.8 cm³/mol. The molecule has 0 saturated carbocycles. The fraction of sp³-hybridized carbons (Fsp3) is 0.200. The first kappa shape index (κ1) is 18.4. The maximum atomic E-state index is 13.6. The van der Waals surface area contributed by atoms with E-state index in [2.05, 4.69) is 15.7 Å². The first-order valence-electron chi connectivity index (χ1n) is 8.53. The molecule has 0 fully saturated rings. The largest absolute Gasteiger partial charge is 0.494 e. The van der Waals surface area contributed by atoms with Gasteiger partial charge in [-0.15, -0.1) is 0 Å². The molecule has 0 atom stereocenters. The van der Waals surface area contributed by atoms with E-state index >= 15 is 0 Å². The molecule has 2 aromatic carbocycles. The molecule has 3 aromatic rings. The molecule has 0 unspecified atom stereocenters. The zero-order chi connectivity index (χ0) is 19.1. The van der Waals surface area contributed by atoms with Gasteiger partial charge in [-0.2, -0.15) is 5.10 Å². The highest BCUT2D eigenvalue weighted by Crippen LogP contribution is 2.17. The van der Waals surface area contributed by atoms with E-state index in [9.17, 15) is 9.18 Å². The Kier molecular flexibility index (Phi) is 6.04. The summed E-state index contributed by atoms with van der Waals surface area (Å²) in [6, 6.07) is 14.3. The number of nitrogens with zero attached hydrogens (tertiary/aromatic N) is 2. The molecule has 1 heterocycles. The summed E-state index contributed by atoms with van der Waals surface area (Å²) in [4.78, 5) is 11.9. The lowest BCUT2D eigenvalue weighted by atomic mass is 10.2. The highest BCUT2D eigenvalue weighted by atomic mass is 19.1. The summed E-state index contributed by atoms with van der Waals surface area (Å²) in [6.45, 7) is 1.26. The number of nitrogens with one attached hydrogen (secondary N) is 2. The van der Waals surface area contributed by atoms with Gasteiger partial charge >= 0.3 is 6.03 Å². The number of amides is 2. The molecule has 0 saturated heterocycles. The minimum atomic E-state index is -0.456. The summed E-state index contributed by atoms with van der Waals surface area (Å²) in [6.07, 6.45) is 3.62. The van der Waals surface area contributed by atoms with Crippen LogP contribution < -0.4 is 15.4 Å². The Morgan fingerprint density at radius 3 is 2.52 bits per heavy atom. The molecule has 0 aliphatic rings. The Hall–Kier alpha value is -3.35. The number of methoxy groups -OCH3 is 1. The quantitative estimate of drug-likeness (QED) is 0.673. The van der Waals surface area contributed by atoms with Crippen LogP contribution in [0.4, 0.5) is 9.18 Å². The maximum absolute atomic E-state index is 13.6. The van der Waals surface area contributed by atoms with Gasteiger partial charge in [0, 0.05) is 24.8 Å². The number of carbonyl (C=O) groups is 1. The fourth-order valence-corrected chi connectivity index (χ4v) is 2.60. The molecule has 27 heavy (non-hydrogen) atoms. The van der Waals surface area contributed by atoms with E-state index in [4.69, 9.17) is 4.74 Å². The second-order valence-electron chi connectivity index (χ2n) is 6.04. The van der Waals surface area contributed by atoms with Crippen molar-refractivity contribution in [2.45, 2.75) is 19.6 Å². The molecule has 140 valence electrons. The Labute approximate surface area is 157 Å². The van der Waals surface area contributed by atoms with Gasteiger partial charge in [-0.05, 0) is 23.3 Å². The predicted octanol–water partition coefficient (Wildman–Crippen LogP) is 3.08. The van der Waals surface area contributed by atoms with Crippen LogP contribution in [0.3, 0.4) is 0 Å². The molecule has 0 spiro atoms. The summed E-state index contributed by atoms with van der Waals surface area (Å²) in [7, 11) is 1.41. The number of hydrogen-bond acceptors (Lipinski definition) is 3. The van der Waals surface area contributed by atoms with Crippen molar-refractivity contribution >= 4 is 6.03 Å². The van der Waals surface area contributed by atoms with Crippen LogP contribution >= 0.6 is 0 Å². The third-order valence-corrected chi connectivity index (χ3v) is 4.00. The van der Waals surface area contributed by atoms with Crippen molar-refractivity contribution in [2.24, 2.45) is 0 Å². The highest BCUT2D eigenvalue weighted by molar-refractivity contribution is 5.73. The van der Waals surface area contributed by atoms with Gasteiger partial charge in [-0.25, -0.2) is 9.18 Å². The van der Waals surface area contributed by atoms with Crippen LogP contribution in [0.15, 0.2) is 60.9 Å². The average molecular weight is 368 g/mol. The molecule has 6 nitrogen and oxygen atoms in total. The molecule has 2 amide bonds. The topological polar surface area (TPSA) is 68.2 Å². The third kappa shape index (κ3) is 5.31. The second-order valence-corrected chi connectivity index (χ2v) is 6.04. The maximum Gasteiger partial charge on any atom is 0.315 e. The number of rotatable bonds is 7. The van der Waals surface area contributed by atoms with Gasteiger partial charge in [-0.1, -0.05) is 36.4 Å². The van der Waals surface area contributed by atoms with Crippen molar-refractivity contribution in [3.63, 3.8) is 0 Å². The Bertz CT molecular complexity index is 896. The Balaban J connectivity index is 1.45. The van der Waals surface area contributed by atoms with Crippen LogP contribution in [0.5, 0.6) is 5.75 Å². The fourth-order valence-electron chi connectivity index (χ4n) is 2.60. The average Bonchev–Trinajstić information content (AvgIpc) is 3.13. The molecule has 7 heteroatoms. The minimum absolute atomic E-state index is 0.177. The van der Waals surface area contributed by atoms with Crippen molar-refractivity contribution in [1.82, 2.24) is 20.4 Å². The number of benzene rings is 2. The lowest BCUT2D eigenvalue weighted by molar-refractivity contribution is 0.240. The third-order valence-electron chi connectivity index (χ3n) is 4.00. The molecular weight excluding hydrogens is 347 g/mol. The first-order chi connectivity index (χ1) is 13.1. The highest BCUT2D eigenvalue weighted by Gasteiger charge is 2.06. The van der Waals surface area contributed by atoms with Gasteiger partial charge in [-0.3, -0.25) is 4.68 Å². The normalized spacial score (nSPS) is 10.4. The van der Waals surface area contributed by atoms with Crippen molar-refractivity contribution in [3.8, 4) is 5.75 Å². The van der Waals surface area contributed by atoms with E-state index in [0.717, 1.165) is 11.1 Å². The molecule has 0 radical (unpaired) electrons. The van der Waals surface area contributed by atoms with Crippen molar-refractivity contribution in [2.75, 3.05) is 7.11 Å². The number of hydrogen-bond donors (Lipinski definition) is 2. The number of carbonyl (C=O) groups excluding carboxylic acids is 1. The summed E-state index contributed by atoms with van der Waals surface area (Å²) in [5, 5.41) is 9.76. The number of urea groups is 1. The van der Waals surface area contributed by atoms with Gasteiger partial charge < -0.3 is 15.4 Å². The zero-order valence-electron chi connectivity index (χ0n) is 15.0. The lowest BCUT2D eigenvalue weighted by Crippen LogP contribution is -2.34. The van der Waals surface area contributed by atoms with Crippen molar-refractivity contribution in [1.29, 1.82) is 0 Å². The first-order valence-corrected chi connectivity index (χ1v) is 8.53. The number of halogens is 1. The van der Waals surface area contributed by atoms with E-state index in [1.807, 2.05) is 41.2 Å². The van der Waals surface area contributed by atoms with Crippen LogP contribution in [-0.4, -0.2) is 22.9 Å². The van der Waals surface area contributed by atoms with E-state index in [1.165, 1.54) is 19.2 Å². The van der Waals surface area contributed by atoms with E-state index < -0.39 is 5.82 Å². The standard InChI is InChI=1S/C20H21FN4O2/c1-27-19-8-7-16(9-18(19)21)10-22-20(26)23-11-17-12-24-25(14-17)13-15-5-3-2-4-6-15/h2-9,12,14H,10-11,13H2,1H3,(H2,22,23,26). The van der Waals surface area contributed by atoms with Crippen LogP contribution in [0.25, 0.3) is 0 Å². The van der Waals surface area contributed by atoms with Crippen molar-refractivity contribution in [3.05, 3.63) is 83.4 Å². The molecular formula is C20H21FN4O2. The summed E-state index contributed by atoms with van der Waals surface area (Å²) >= 11 is 0. The summed E-state index contributed by atoms with van der Waals surface area (Å²) in [5.74, 6) is -0.279. The van der Waals surface area contributed by atoms with Gasteiger partial charge in [0.25, 0.3) is 0 Å². The summed E-state index contributed by atoms with van der Waals surface area (Å²) in [5.41, 5.74) is 2.71. The second kappa shape index (κ2) is 8.84.